The molecule has 0 aliphatic carbocycles. The number of rotatable bonds is 9. The van der Waals surface area contributed by atoms with Gasteiger partial charge in [0.15, 0.2) is 6.29 Å². The molecule has 6 rings (SSSR count). The van der Waals surface area contributed by atoms with Crippen LogP contribution in [0.15, 0.2) is 79.0 Å². The number of benzene rings is 3. The molecule has 0 bridgehead atoms. The van der Waals surface area contributed by atoms with Crippen molar-refractivity contribution >= 4 is 29.7 Å². The van der Waals surface area contributed by atoms with Crippen molar-refractivity contribution in [1.82, 2.24) is 20.3 Å². The summed E-state index contributed by atoms with van der Waals surface area (Å²) in [4.78, 5) is 27.9. The molecule has 9 heteroatoms. The quantitative estimate of drug-likeness (QED) is 0.285. The molecule has 1 N–H and O–H groups in total. The lowest BCUT2D eigenvalue weighted by molar-refractivity contribution is -0.169. The first-order valence-electron chi connectivity index (χ1n) is 14.8. The van der Waals surface area contributed by atoms with Crippen LogP contribution in [-0.4, -0.2) is 39.7 Å². The predicted octanol–water partition coefficient (Wildman–Crippen LogP) is 5.42. The molecule has 2 aliphatic heterocycles. The van der Waals surface area contributed by atoms with Crippen LogP contribution in [0.5, 0.6) is 0 Å². The van der Waals surface area contributed by atoms with Crippen molar-refractivity contribution in [2.24, 2.45) is 0 Å². The number of amides is 2. The lowest BCUT2D eigenvalue weighted by Gasteiger charge is -2.27. The Labute approximate surface area is 251 Å². The number of ether oxygens (including phenoxy) is 2. The first kappa shape index (κ1) is 28.5. The Bertz CT molecular complexity index is 1590. The molecule has 9 nitrogen and oxygen atoms in total. The van der Waals surface area contributed by atoms with Gasteiger partial charge in [-0.25, -0.2) is 4.68 Å². The van der Waals surface area contributed by atoms with Crippen LogP contribution in [-0.2, 0) is 38.8 Å². The normalized spacial score (nSPS) is 16.8. The van der Waals surface area contributed by atoms with Crippen LogP contribution in [0, 0.1) is 0 Å². The van der Waals surface area contributed by atoms with E-state index in [0.717, 1.165) is 65.2 Å². The Morgan fingerprint density at radius 2 is 1.72 bits per heavy atom. The zero-order chi connectivity index (χ0) is 29.4. The average Bonchev–Trinajstić information content (AvgIpc) is 3.53. The second-order valence-corrected chi connectivity index (χ2v) is 10.8. The number of para-hydroxylation sites is 1. The summed E-state index contributed by atoms with van der Waals surface area (Å²) in [6.45, 7) is 1.92. The maximum absolute atomic E-state index is 13.4. The molecular weight excluding hydrogens is 542 g/mol. The minimum atomic E-state index is -0.169. The summed E-state index contributed by atoms with van der Waals surface area (Å²) < 4.78 is 13.1. The second-order valence-electron chi connectivity index (χ2n) is 10.8. The summed E-state index contributed by atoms with van der Waals surface area (Å²) in [5.41, 5.74) is 6.52. The van der Waals surface area contributed by atoms with Gasteiger partial charge < -0.3 is 19.7 Å². The van der Waals surface area contributed by atoms with E-state index in [2.05, 4.69) is 27.8 Å². The molecule has 0 radical (unpaired) electrons. The lowest BCUT2D eigenvalue weighted by Crippen LogP contribution is -2.33. The van der Waals surface area contributed by atoms with E-state index >= 15 is 0 Å². The third-order valence-electron chi connectivity index (χ3n) is 7.71. The van der Waals surface area contributed by atoms with Crippen molar-refractivity contribution in [3.8, 4) is 5.69 Å². The van der Waals surface area contributed by atoms with Crippen molar-refractivity contribution in [2.45, 2.75) is 58.1 Å². The first-order chi connectivity index (χ1) is 21.1. The zero-order valence-corrected chi connectivity index (χ0v) is 24.0. The Kier molecular flexibility index (Phi) is 9.01. The van der Waals surface area contributed by atoms with Crippen molar-refractivity contribution in [2.75, 3.05) is 11.5 Å². The summed E-state index contributed by atoms with van der Waals surface area (Å²) in [7, 11) is 0. The minimum absolute atomic E-state index is 0.0825. The van der Waals surface area contributed by atoms with Crippen LogP contribution >= 0.6 is 0 Å². The van der Waals surface area contributed by atoms with Gasteiger partial charge >= 0.3 is 0 Å². The van der Waals surface area contributed by atoms with Gasteiger partial charge in [0, 0.05) is 26.0 Å². The molecule has 1 unspecified atom stereocenters. The Morgan fingerprint density at radius 3 is 2.56 bits per heavy atom. The molecule has 3 aromatic carbocycles. The van der Waals surface area contributed by atoms with E-state index in [4.69, 9.17) is 9.47 Å². The third-order valence-corrected chi connectivity index (χ3v) is 7.71. The van der Waals surface area contributed by atoms with Crippen LogP contribution < -0.4 is 10.2 Å². The molecule has 220 valence electrons. The molecule has 4 aromatic rings. The summed E-state index contributed by atoms with van der Waals surface area (Å²) >= 11 is 0. The van der Waals surface area contributed by atoms with E-state index in [1.807, 2.05) is 79.0 Å². The molecule has 0 saturated carbocycles. The van der Waals surface area contributed by atoms with Crippen molar-refractivity contribution in [3.63, 3.8) is 0 Å². The Morgan fingerprint density at radius 1 is 0.930 bits per heavy atom. The van der Waals surface area contributed by atoms with Crippen molar-refractivity contribution in [1.29, 1.82) is 0 Å². The predicted molar refractivity (Wildman–Crippen MR) is 164 cm³/mol. The fourth-order valence-corrected chi connectivity index (χ4v) is 5.30. The fraction of sp³-hybridized carbons (Fsp3) is 0.294. The molecule has 0 spiro atoms. The highest BCUT2D eigenvalue weighted by Crippen LogP contribution is 2.29. The molecule has 2 aliphatic rings. The molecule has 3 heterocycles. The molecule has 43 heavy (non-hydrogen) atoms. The molecule has 1 saturated heterocycles. The van der Waals surface area contributed by atoms with E-state index in [0.29, 0.717) is 19.7 Å². The van der Waals surface area contributed by atoms with Gasteiger partial charge in [0.2, 0.25) is 11.8 Å². The highest BCUT2D eigenvalue weighted by atomic mass is 16.7. The Hall–Kier alpha value is -4.60. The van der Waals surface area contributed by atoms with Crippen LogP contribution in [0.4, 0.5) is 5.69 Å². The number of nitrogens with zero attached hydrogens (tertiary/aromatic N) is 4. The number of nitrogens with one attached hydrogen (secondary N) is 1. The van der Waals surface area contributed by atoms with Crippen LogP contribution in [0.1, 0.15) is 60.1 Å². The monoisotopic (exact) mass is 577 g/mol. The summed E-state index contributed by atoms with van der Waals surface area (Å²) in [5.74, 6) is -0.248. The van der Waals surface area contributed by atoms with E-state index in [1.165, 1.54) is 0 Å². The number of hydrogen-bond donors (Lipinski definition) is 1. The van der Waals surface area contributed by atoms with E-state index < -0.39 is 0 Å². The topological polar surface area (TPSA) is 98.6 Å². The van der Waals surface area contributed by atoms with Gasteiger partial charge in [-0.1, -0.05) is 72.0 Å². The first-order valence-corrected chi connectivity index (χ1v) is 14.8. The van der Waals surface area contributed by atoms with Gasteiger partial charge in [-0.2, -0.15) is 0 Å². The number of aromatic nitrogens is 3. The molecule has 1 atom stereocenters. The standard InChI is InChI=1S/C34H35N5O4/c40-32(18-19-33(41)38-22-28-9-2-1-7-26(28)14-15-27-8-3-4-10-31(27)38)35-21-25-12-16-30(17-13-25)39-23-29(36-37-39)24-43-34-11-5-6-20-42-34/h1-4,7-10,12-17,23,34H,5-6,11,18-22,24H2,(H,35,40)/b15-14-. The fourth-order valence-electron chi connectivity index (χ4n) is 5.30. The second kappa shape index (κ2) is 13.6. The number of hydrogen-bond acceptors (Lipinski definition) is 6. The van der Waals surface area contributed by atoms with Gasteiger partial charge in [0.1, 0.15) is 5.69 Å². The smallest absolute Gasteiger partial charge is 0.227 e. The lowest BCUT2D eigenvalue weighted by atomic mass is 10.0. The number of fused-ring (bicyclic) bond motifs is 2. The highest BCUT2D eigenvalue weighted by Gasteiger charge is 2.21. The van der Waals surface area contributed by atoms with Crippen LogP contribution in [0.25, 0.3) is 17.8 Å². The van der Waals surface area contributed by atoms with Crippen molar-refractivity contribution < 1.29 is 19.1 Å². The third kappa shape index (κ3) is 7.25. The SMILES string of the molecule is O=C(CCC(=O)N1Cc2ccccc2/C=C\c2ccccc21)NCc1ccc(-n2cc(COC3CCCCO3)nn2)cc1. The van der Waals surface area contributed by atoms with E-state index in [9.17, 15) is 9.59 Å². The van der Waals surface area contributed by atoms with Crippen LogP contribution in [0.3, 0.4) is 0 Å². The zero-order valence-electron chi connectivity index (χ0n) is 24.0. The van der Waals surface area contributed by atoms with Gasteiger partial charge in [0.05, 0.1) is 30.7 Å². The largest absolute Gasteiger partial charge is 0.353 e. The van der Waals surface area contributed by atoms with Gasteiger partial charge in [-0.05, 0) is 59.7 Å². The van der Waals surface area contributed by atoms with Gasteiger partial charge in [0.25, 0.3) is 0 Å². The van der Waals surface area contributed by atoms with E-state index in [-0.39, 0.29) is 30.9 Å². The number of anilines is 1. The molecule has 2 amide bonds. The average molecular weight is 578 g/mol. The van der Waals surface area contributed by atoms with E-state index in [1.54, 1.807) is 9.58 Å². The van der Waals surface area contributed by atoms with Crippen LogP contribution in [0.2, 0.25) is 0 Å². The number of carbonyl (C=O) groups excluding carboxylic acids is 2. The molecule has 1 aromatic heterocycles. The summed E-state index contributed by atoms with van der Waals surface area (Å²) in [5, 5.41) is 11.4. The summed E-state index contributed by atoms with van der Waals surface area (Å²) in [6.07, 6.45) is 9.13. The van der Waals surface area contributed by atoms with Crippen molar-refractivity contribution in [3.05, 3.63) is 107 Å². The summed E-state index contributed by atoms with van der Waals surface area (Å²) in [6, 6.07) is 23.7. The maximum atomic E-state index is 13.4. The maximum Gasteiger partial charge on any atom is 0.227 e. The Balaban J connectivity index is 0.999. The minimum Gasteiger partial charge on any atom is -0.353 e. The molecular formula is C34H35N5O4. The molecule has 1 fully saturated rings. The highest BCUT2D eigenvalue weighted by molar-refractivity contribution is 5.98. The van der Waals surface area contributed by atoms with Gasteiger partial charge in [-0.15, -0.1) is 5.10 Å². The number of carbonyl (C=O) groups is 2. The van der Waals surface area contributed by atoms with Gasteiger partial charge in [-0.3, -0.25) is 9.59 Å².